The highest BCUT2D eigenvalue weighted by molar-refractivity contribution is 5.03. The fourth-order valence-corrected chi connectivity index (χ4v) is 1.45. The number of hydrogen-bond donors (Lipinski definition) is 1. The summed E-state index contributed by atoms with van der Waals surface area (Å²) in [5, 5.41) is 8.81. The maximum absolute atomic E-state index is 8.81. The van der Waals surface area contributed by atoms with E-state index < -0.39 is 5.79 Å². The van der Waals surface area contributed by atoms with Gasteiger partial charge in [0.1, 0.15) is 6.61 Å². The standard InChI is InChI=1S/C12H22O6/c1-8(4-13)14-5-9(2)15-6-10(3)16-7-12-11(17-12)18-12/h8-11,13H,4-7H2,1-3H3. The molecule has 0 aromatic heterocycles. The molecule has 3 unspecified atom stereocenters. The molecular formula is C12H22O6. The van der Waals surface area contributed by atoms with Gasteiger partial charge in [0.25, 0.3) is 0 Å². The van der Waals surface area contributed by atoms with E-state index >= 15 is 0 Å². The third kappa shape index (κ3) is 3.88. The van der Waals surface area contributed by atoms with Crippen LogP contribution in [0, 0.1) is 0 Å². The average molecular weight is 262 g/mol. The molecule has 0 saturated carbocycles. The van der Waals surface area contributed by atoms with Crippen LogP contribution in [0.2, 0.25) is 0 Å². The molecule has 0 aliphatic carbocycles. The van der Waals surface area contributed by atoms with Gasteiger partial charge in [-0.25, -0.2) is 0 Å². The first-order chi connectivity index (χ1) is 8.55. The molecule has 18 heavy (non-hydrogen) atoms. The first-order valence-corrected chi connectivity index (χ1v) is 6.37. The molecule has 6 nitrogen and oxygen atoms in total. The number of ether oxygens (including phenoxy) is 5. The Labute approximate surface area is 107 Å². The average Bonchev–Trinajstić information content (AvgIpc) is 3.20. The molecule has 0 bridgehead atoms. The van der Waals surface area contributed by atoms with Crippen molar-refractivity contribution in [1.82, 2.24) is 0 Å². The second-order valence-electron chi connectivity index (χ2n) is 4.97. The molecular weight excluding hydrogens is 240 g/mol. The fourth-order valence-electron chi connectivity index (χ4n) is 1.45. The van der Waals surface area contributed by atoms with E-state index in [2.05, 4.69) is 0 Å². The van der Waals surface area contributed by atoms with Gasteiger partial charge >= 0.3 is 0 Å². The minimum Gasteiger partial charge on any atom is -0.394 e. The molecule has 106 valence electrons. The van der Waals surface area contributed by atoms with Gasteiger partial charge in [-0.05, 0) is 20.8 Å². The van der Waals surface area contributed by atoms with E-state index in [0.717, 1.165) is 0 Å². The quantitative estimate of drug-likeness (QED) is 0.570. The van der Waals surface area contributed by atoms with Crippen LogP contribution in [0.1, 0.15) is 20.8 Å². The molecule has 2 fully saturated rings. The van der Waals surface area contributed by atoms with E-state index in [-0.39, 0.29) is 31.2 Å². The lowest BCUT2D eigenvalue weighted by Crippen LogP contribution is -2.27. The molecule has 2 saturated heterocycles. The summed E-state index contributed by atoms with van der Waals surface area (Å²) < 4.78 is 26.7. The van der Waals surface area contributed by atoms with Crippen LogP contribution in [0.4, 0.5) is 0 Å². The molecule has 2 rings (SSSR count). The van der Waals surface area contributed by atoms with E-state index in [4.69, 9.17) is 28.8 Å². The molecule has 0 aromatic carbocycles. The number of rotatable bonds is 10. The Morgan fingerprint density at radius 2 is 1.50 bits per heavy atom. The van der Waals surface area contributed by atoms with E-state index in [1.165, 1.54) is 0 Å². The Balaban J connectivity index is 1.47. The summed E-state index contributed by atoms with van der Waals surface area (Å²) in [7, 11) is 0. The molecule has 1 N–H and O–H groups in total. The van der Waals surface area contributed by atoms with Crippen molar-refractivity contribution in [3.8, 4) is 0 Å². The van der Waals surface area contributed by atoms with Crippen LogP contribution in [0.3, 0.4) is 0 Å². The summed E-state index contributed by atoms with van der Waals surface area (Å²) in [6.07, 6.45) is -0.200. The summed E-state index contributed by atoms with van der Waals surface area (Å²) in [5.74, 6) is -0.403. The van der Waals surface area contributed by atoms with Gasteiger partial charge in [0.2, 0.25) is 12.1 Å². The largest absolute Gasteiger partial charge is 0.394 e. The second-order valence-corrected chi connectivity index (χ2v) is 4.97. The lowest BCUT2D eigenvalue weighted by Gasteiger charge is -2.19. The maximum Gasteiger partial charge on any atom is 0.249 e. The molecule has 3 atom stereocenters. The van der Waals surface area contributed by atoms with Crippen LogP contribution in [0.25, 0.3) is 0 Å². The van der Waals surface area contributed by atoms with Crippen molar-refractivity contribution < 1.29 is 28.8 Å². The minimum absolute atomic E-state index is 0.00820. The molecule has 0 aromatic rings. The van der Waals surface area contributed by atoms with E-state index in [9.17, 15) is 0 Å². The first-order valence-electron chi connectivity index (χ1n) is 6.37. The topological polar surface area (TPSA) is 73.0 Å². The summed E-state index contributed by atoms with van der Waals surface area (Å²) in [4.78, 5) is 0. The summed E-state index contributed by atoms with van der Waals surface area (Å²) in [6, 6.07) is 0. The smallest absolute Gasteiger partial charge is 0.249 e. The van der Waals surface area contributed by atoms with Crippen LogP contribution in [-0.2, 0) is 23.7 Å². The van der Waals surface area contributed by atoms with Crippen molar-refractivity contribution in [2.75, 3.05) is 26.4 Å². The molecule has 6 heteroatoms. The first kappa shape index (κ1) is 14.2. The van der Waals surface area contributed by atoms with Gasteiger partial charge in [-0.15, -0.1) is 0 Å². The van der Waals surface area contributed by atoms with Gasteiger partial charge in [0.05, 0.1) is 38.1 Å². The Morgan fingerprint density at radius 1 is 1.00 bits per heavy atom. The van der Waals surface area contributed by atoms with Gasteiger partial charge in [-0.2, -0.15) is 0 Å². The highest BCUT2D eigenvalue weighted by atomic mass is 17.0. The van der Waals surface area contributed by atoms with Crippen LogP contribution in [0.5, 0.6) is 0 Å². The van der Waals surface area contributed by atoms with Gasteiger partial charge in [-0.3, -0.25) is 0 Å². The predicted molar refractivity (Wildman–Crippen MR) is 62.0 cm³/mol. The van der Waals surface area contributed by atoms with Crippen LogP contribution < -0.4 is 0 Å². The molecule has 0 spiro atoms. The van der Waals surface area contributed by atoms with Crippen molar-refractivity contribution in [3.05, 3.63) is 0 Å². The van der Waals surface area contributed by atoms with Crippen LogP contribution in [-0.4, -0.2) is 61.9 Å². The lowest BCUT2D eigenvalue weighted by molar-refractivity contribution is -0.116. The normalized spacial score (nSPS) is 33.7. The third-order valence-corrected chi connectivity index (χ3v) is 2.91. The highest BCUT2D eigenvalue weighted by Gasteiger charge is 2.77. The summed E-state index contributed by atoms with van der Waals surface area (Å²) >= 11 is 0. The molecule has 2 aliphatic heterocycles. The van der Waals surface area contributed by atoms with E-state index in [0.29, 0.717) is 19.8 Å². The minimum atomic E-state index is -0.403. The Morgan fingerprint density at radius 3 is 2.00 bits per heavy atom. The Hall–Kier alpha value is -0.240. The predicted octanol–water partition coefficient (Wildman–Crippen LogP) is 0.277. The van der Waals surface area contributed by atoms with Crippen molar-refractivity contribution in [2.24, 2.45) is 0 Å². The SMILES string of the molecule is CC(CO)OCC(C)OCC(C)OCC12OC1O2. The highest BCUT2D eigenvalue weighted by Crippen LogP contribution is 2.56. The molecule has 2 heterocycles. The zero-order valence-electron chi connectivity index (χ0n) is 11.1. The van der Waals surface area contributed by atoms with Gasteiger partial charge in [0, 0.05) is 0 Å². The van der Waals surface area contributed by atoms with Crippen LogP contribution in [0.15, 0.2) is 0 Å². The van der Waals surface area contributed by atoms with Gasteiger partial charge < -0.3 is 28.8 Å². The van der Waals surface area contributed by atoms with Crippen molar-refractivity contribution in [1.29, 1.82) is 0 Å². The van der Waals surface area contributed by atoms with Gasteiger partial charge in [-0.1, -0.05) is 0 Å². The summed E-state index contributed by atoms with van der Waals surface area (Å²) in [5.41, 5.74) is 0. The van der Waals surface area contributed by atoms with Crippen molar-refractivity contribution in [2.45, 2.75) is 51.2 Å². The van der Waals surface area contributed by atoms with Crippen LogP contribution >= 0.6 is 0 Å². The summed E-state index contributed by atoms with van der Waals surface area (Å²) in [6.45, 7) is 7.15. The monoisotopic (exact) mass is 262 g/mol. The van der Waals surface area contributed by atoms with Gasteiger partial charge in [0.15, 0.2) is 0 Å². The fraction of sp³-hybridized carbons (Fsp3) is 1.00. The second kappa shape index (κ2) is 5.81. The Bertz CT molecular complexity index is 265. The Kier molecular flexibility index (Phi) is 4.58. The van der Waals surface area contributed by atoms with Crippen molar-refractivity contribution >= 4 is 0 Å². The van der Waals surface area contributed by atoms with E-state index in [1.807, 2.05) is 20.8 Å². The molecule has 2 aliphatic rings. The zero-order chi connectivity index (χ0) is 13.2. The number of hydrogen-bond acceptors (Lipinski definition) is 6. The molecule has 0 radical (unpaired) electrons. The van der Waals surface area contributed by atoms with E-state index in [1.54, 1.807) is 0 Å². The lowest BCUT2D eigenvalue weighted by atomic mass is 10.4. The maximum atomic E-state index is 8.81. The number of fused-ring (bicyclic) bond motifs is 1. The zero-order valence-corrected chi connectivity index (χ0v) is 11.1. The third-order valence-electron chi connectivity index (χ3n) is 2.91. The molecule has 0 amide bonds. The number of epoxide rings is 2. The number of aliphatic hydroxyl groups is 1. The van der Waals surface area contributed by atoms with Crippen molar-refractivity contribution in [3.63, 3.8) is 0 Å². The number of aliphatic hydroxyl groups excluding tert-OH is 1.